The molecule has 2 aromatic rings. The number of carbonyl (C=O) groups is 1. The van der Waals surface area contributed by atoms with E-state index in [1.54, 1.807) is 23.7 Å². The minimum Gasteiger partial charge on any atom is -0.494 e. The SMILES string of the molecule is CCOC(=O)OC[C@H]1O[C@@H](Oc2nn(C(C)C)c(C)c2Cc2ccc(OCC)cc2F)[C@H](O)[C@@H](O)[C@@H]1O. The molecule has 1 aliphatic rings. The summed E-state index contributed by atoms with van der Waals surface area (Å²) in [6, 6.07) is 4.54. The minimum atomic E-state index is -1.66. The molecule has 5 atom stereocenters. The van der Waals surface area contributed by atoms with Crippen LogP contribution in [0.3, 0.4) is 0 Å². The Morgan fingerprint density at radius 2 is 1.86 bits per heavy atom. The van der Waals surface area contributed by atoms with Gasteiger partial charge in [0.25, 0.3) is 0 Å². The van der Waals surface area contributed by atoms with Crippen LogP contribution < -0.4 is 9.47 Å². The largest absolute Gasteiger partial charge is 0.508 e. The van der Waals surface area contributed by atoms with Crippen LogP contribution in [-0.2, 0) is 20.6 Å². The second kappa shape index (κ2) is 12.5. The van der Waals surface area contributed by atoms with Crippen molar-refractivity contribution in [3.63, 3.8) is 0 Å². The molecular formula is C25H35FN2O9. The number of carbonyl (C=O) groups excluding carboxylic acids is 1. The molecule has 0 unspecified atom stereocenters. The first-order valence-corrected chi connectivity index (χ1v) is 12.2. The van der Waals surface area contributed by atoms with Crippen LogP contribution in [0, 0.1) is 12.7 Å². The lowest BCUT2D eigenvalue weighted by atomic mass is 9.99. The van der Waals surface area contributed by atoms with Gasteiger partial charge in [0.1, 0.15) is 42.6 Å². The molecule has 1 aromatic heterocycles. The second-order valence-corrected chi connectivity index (χ2v) is 8.90. The van der Waals surface area contributed by atoms with Crippen LogP contribution in [0.25, 0.3) is 0 Å². The molecule has 3 rings (SSSR count). The van der Waals surface area contributed by atoms with Gasteiger partial charge >= 0.3 is 6.16 Å². The highest BCUT2D eigenvalue weighted by Crippen LogP contribution is 2.31. The maximum atomic E-state index is 14.8. The molecule has 0 aliphatic carbocycles. The van der Waals surface area contributed by atoms with E-state index < -0.39 is 49.3 Å². The van der Waals surface area contributed by atoms with Gasteiger partial charge in [-0.3, -0.25) is 4.68 Å². The van der Waals surface area contributed by atoms with E-state index in [4.69, 9.17) is 18.9 Å². The third kappa shape index (κ3) is 6.69. The van der Waals surface area contributed by atoms with Gasteiger partial charge < -0.3 is 39.0 Å². The van der Waals surface area contributed by atoms with Crippen LogP contribution in [0.1, 0.15) is 50.6 Å². The van der Waals surface area contributed by atoms with Crippen molar-refractivity contribution in [1.82, 2.24) is 9.78 Å². The molecule has 0 spiro atoms. The molecule has 2 heterocycles. The number of ether oxygens (including phenoxy) is 5. The third-order valence-electron chi connectivity index (χ3n) is 5.95. The van der Waals surface area contributed by atoms with Crippen molar-refractivity contribution >= 4 is 6.16 Å². The van der Waals surface area contributed by atoms with Gasteiger partial charge in [0.05, 0.1) is 13.2 Å². The predicted octanol–water partition coefficient (Wildman–Crippen LogP) is 2.26. The first-order valence-electron chi connectivity index (χ1n) is 12.2. The number of aromatic nitrogens is 2. The standard InChI is InChI=1S/C25H35FN2O9/c1-6-33-16-9-8-15(18(26)11-16)10-17-14(5)28(13(3)4)27-23(17)37-24-22(31)21(30)20(29)19(36-24)12-35-25(32)34-7-2/h8-9,11,13,19-22,24,29-31H,6-7,10,12H2,1-5H3/t19-,20-,21+,22-,24+/m1/s1. The lowest BCUT2D eigenvalue weighted by Gasteiger charge is -2.39. The summed E-state index contributed by atoms with van der Waals surface area (Å²) >= 11 is 0. The van der Waals surface area contributed by atoms with Crippen LogP contribution in [0.2, 0.25) is 0 Å². The number of rotatable bonds is 10. The Bertz CT molecular complexity index is 1060. The minimum absolute atomic E-state index is 0.0587. The van der Waals surface area contributed by atoms with E-state index >= 15 is 0 Å². The van der Waals surface area contributed by atoms with Gasteiger partial charge in [0.2, 0.25) is 12.2 Å². The molecule has 0 bridgehead atoms. The number of aliphatic hydroxyl groups excluding tert-OH is 3. The molecule has 1 fully saturated rings. The summed E-state index contributed by atoms with van der Waals surface area (Å²) in [6.07, 6.45) is -8.39. The van der Waals surface area contributed by atoms with Crippen molar-refractivity contribution in [3.8, 4) is 11.6 Å². The summed E-state index contributed by atoms with van der Waals surface area (Å²) in [5.74, 6) is 0.0200. The molecule has 11 nitrogen and oxygen atoms in total. The molecule has 0 radical (unpaired) electrons. The first kappa shape index (κ1) is 28.6. The Labute approximate surface area is 214 Å². The van der Waals surface area contributed by atoms with Gasteiger partial charge in [0, 0.05) is 29.8 Å². The van der Waals surface area contributed by atoms with E-state index in [1.165, 1.54) is 6.07 Å². The Morgan fingerprint density at radius 3 is 2.49 bits per heavy atom. The Kier molecular flexibility index (Phi) is 9.71. The lowest BCUT2D eigenvalue weighted by Crippen LogP contribution is -2.60. The zero-order chi connectivity index (χ0) is 27.3. The fraction of sp³-hybridized carbons (Fsp3) is 0.600. The number of nitrogens with zero attached hydrogens (tertiary/aromatic N) is 2. The second-order valence-electron chi connectivity index (χ2n) is 8.90. The number of hydrogen-bond donors (Lipinski definition) is 3. The number of aliphatic hydroxyl groups is 3. The highest BCUT2D eigenvalue weighted by atomic mass is 19.1. The van der Waals surface area contributed by atoms with Crippen molar-refractivity contribution in [1.29, 1.82) is 0 Å². The number of benzene rings is 1. The Hall–Kier alpha value is -2.93. The van der Waals surface area contributed by atoms with Crippen LogP contribution in [-0.4, -0.2) is 81.8 Å². The summed E-state index contributed by atoms with van der Waals surface area (Å²) in [7, 11) is 0. The fourth-order valence-corrected chi connectivity index (χ4v) is 4.02. The summed E-state index contributed by atoms with van der Waals surface area (Å²) in [6.45, 7) is 9.11. The van der Waals surface area contributed by atoms with Crippen molar-refractivity contribution in [2.24, 2.45) is 0 Å². The van der Waals surface area contributed by atoms with E-state index in [2.05, 4.69) is 9.84 Å². The van der Waals surface area contributed by atoms with E-state index in [0.717, 1.165) is 0 Å². The van der Waals surface area contributed by atoms with Crippen LogP contribution in [0.4, 0.5) is 9.18 Å². The third-order valence-corrected chi connectivity index (χ3v) is 5.95. The number of hydrogen-bond acceptors (Lipinski definition) is 10. The van der Waals surface area contributed by atoms with Crippen molar-refractivity contribution in [2.45, 2.75) is 77.8 Å². The summed E-state index contributed by atoms with van der Waals surface area (Å²) in [4.78, 5) is 11.5. The number of halogens is 1. The van der Waals surface area contributed by atoms with E-state index in [0.29, 0.717) is 29.2 Å². The zero-order valence-corrected chi connectivity index (χ0v) is 21.6. The predicted molar refractivity (Wildman–Crippen MR) is 128 cm³/mol. The Balaban J connectivity index is 1.86. The van der Waals surface area contributed by atoms with Crippen LogP contribution >= 0.6 is 0 Å². The summed E-state index contributed by atoms with van der Waals surface area (Å²) < 4.78 is 43.0. The zero-order valence-electron chi connectivity index (χ0n) is 21.6. The summed E-state index contributed by atoms with van der Waals surface area (Å²) in [5, 5.41) is 35.7. The molecular weight excluding hydrogens is 491 g/mol. The molecule has 206 valence electrons. The molecule has 3 N–H and O–H groups in total. The van der Waals surface area contributed by atoms with E-state index in [1.807, 2.05) is 27.7 Å². The first-order chi connectivity index (χ1) is 17.6. The van der Waals surface area contributed by atoms with Crippen molar-refractivity contribution < 1.29 is 48.2 Å². The van der Waals surface area contributed by atoms with Gasteiger partial charge in [-0.2, -0.15) is 0 Å². The fourth-order valence-electron chi connectivity index (χ4n) is 4.02. The van der Waals surface area contributed by atoms with E-state index in [9.17, 15) is 24.5 Å². The van der Waals surface area contributed by atoms with Crippen LogP contribution in [0.5, 0.6) is 11.6 Å². The van der Waals surface area contributed by atoms with Gasteiger partial charge in [-0.25, -0.2) is 9.18 Å². The van der Waals surface area contributed by atoms with Gasteiger partial charge in [-0.1, -0.05) is 6.07 Å². The molecule has 1 saturated heterocycles. The van der Waals surface area contributed by atoms with E-state index in [-0.39, 0.29) is 24.9 Å². The Morgan fingerprint density at radius 1 is 1.14 bits per heavy atom. The molecule has 1 aliphatic heterocycles. The topological polar surface area (TPSA) is 142 Å². The quantitative estimate of drug-likeness (QED) is 0.395. The summed E-state index contributed by atoms with van der Waals surface area (Å²) in [5.41, 5.74) is 1.64. The molecule has 0 amide bonds. The van der Waals surface area contributed by atoms with Gasteiger partial charge in [0.15, 0.2) is 0 Å². The monoisotopic (exact) mass is 526 g/mol. The maximum Gasteiger partial charge on any atom is 0.508 e. The lowest BCUT2D eigenvalue weighted by molar-refractivity contribution is -0.278. The van der Waals surface area contributed by atoms with Gasteiger partial charge in [-0.15, -0.1) is 5.10 Å². The molecule has 12 heteroatoms. The van der Waals surface area contributed by atoms with Crippen LogP contribution in [0.15, 0.2) is 18.2 Å². The highest BCUT2D eigenvalue weighted by molar-refractivity contribution is 5.59. The molecule has 37 heavy (non-hydrogen) atoms. The smallest absolute Gasteiger partial charge is 0.494 e. The average molecular weight is 527 g/mol. The molecule has 1 aromatic carbocycles. The maximum absolute atomic E-state index is 14.8. The van der Waals surface area contributed by atoms with Crippen molar-refractivity contribution in [2.75, 3.05) is 19.8 Å². The average Bonchev–Trinajstić information content (AvgIpc) is 3.15. The highest BCUT2D eigenvalue weighted by Gasteiger charge is 2.46. The van der Waals surface area contributed by atoms with Crippen molar-refractivity contribution in [3.05, 3.63) is 40.8 Å². The normalized spacial score (nSPS) is 23.7. The van der Waals surface area contributed by atoms with Gasteiger partial charge in [-0.05, 0) is 46.2 Å². The molecule has 0 saturated carbocycles.